The fourth-order valence-electron chi connectivity index (χ4n) is 4.83. The second kappa shape index (κ2) is 7.24. The molecule has 0 saturated carbocycles. The van der Waals surface area contributed by atoms with E-state index < -0.39 is 35.0 Å². The second-order valence-electron chi connectivity index (χ2n) is 8.13. The third-order valence-corrected chi connectivity index (χ3v) is 6.84. The lowest BCUT2D eigenvalue weighted by Gasteiger charge is -2.35. The molecule has 2 aliphatic heterocycles. The lowest BCUT2D eigenvalue weighted by molar-refractivity contribution is -0.130. The number of halogens is 2. The Labute approximate surface area is 188 Å². The Morgan fingerprint density at radius 2 is 1.81 bits per heavy atom. The fourth-order valence-corrected chi connectivity index (χ4v) is 5.09. The maximum absolute atomic E-state index is 14.3. The largest absolute Gasteiger partial charge is 0.496 e. The molecule has 0 aromatic heterocycles. The fraction of sp³-hybridized carbons (Fsp3) is 0.333. The second-order valence-corrected chi connectivity index (χ2v) is 8.51. The number of rotatable bonds is 3. The SMILES string of the molecule is COc1cc(OC)c2c(c1Cl)O[C@@]1(C(=O)C3=C(C[C@H]1C)OC(c1ccccc1F)C3)C2=O. The van der Waals surface area contributed by atoms with E-state index >= 15 is 0 Å². The first-order chi connectivity index (χ1) is 15.3. The van der Waals surface area contributed by atoms with Crippen LogP contribution in [0.25, 0.3) is 0 Å². The van der Waals surface area contributed by atoms with Crippen LogP contribution < -0.4 is 14.2 Å². The van der Waals surface area contributed by atoms with Crippen LogP contribution in [0.2, 0.25) is 5.02 Å². The summed E-state index contributed by atoms with van der Waals surface area (Å²) >= 11 is 6.43. The van der Waals surface area contributed by atoms with Crippen molar-refractivity contribution in [2.24, 2.45) is 5.92 Å². The van der Waals surface area contributed by atoms with Crippen molar-refractivity contribution in [3.63, 3.8) is 0 Å². The van der Waals surface area contributed by atoms with Crippen LogP contribution in [0.1, 0.15) is 41.8 Å². The molecule has 0 amide bonds. The normalized spacial score (nSPS) is 26.0. The molecule has 0 bridgehead atoms. The van der Waals surface area contributed by atoms with Gasteiger partial charge in [0.15, 0.2) is 5.75 Å². The van der Waals surface area contributed by atoms with Gasteiger partial charge in [-0.05, 0) is 6.07 Å². The number of hydrogen-bond donors (Lipinski definition) is 0. The van der Waals surface area contributed by atoms with E-state index in [4.69, 9.17) is 30.5 Å². The molecule has 6 nitrogen and oxygen atoms in total. The van der Waals surface area contributed by atoms with E-state index in [2.05, 4.69) is 0 Å². The molecule has 0 radical (unpaired) electrons. The van der Waals surface area contributed by atoms with Gasteiger partial charge in [0.1, 0.15) is 39.8 Å². The van der Waals surface area contributed by atoms with Gasteiger partial charge in [0, 0.05) is 36.0 Å². The van der Waals surface area contributed by atoms with Crippen molar-refractivity contribution in [3.8, 4) is 17.2 Å². The molecule has 0 saturated heterocycles. The molecule has 0 fully saturated rings. The van der Waals surface area contributed by atoms with E-state index in [1.165, 1.54) is 26.4 Å². The summed E-state index contributed by atoms with van der Waals surface area (Å²) in [6, 6.07) is 7.79. The predicted molar refractivity (Wildman–Crippen MR) is 113 cm³/mol. The van der Waals surface area contributed by atoms with Gasteiger partial charge >= 0.3 is 0 Å². The Balaban J connectivity index is 1.56. The predicted octanol–water partition coefficient (Wildman–Crippen LogP) is 4.83. The highest BCUT2D eigenvalue weighted by atomic mass is 35.5. The number of fused-ring (bicyclic) bond motifs is 1. The van der Waals surface area contributed by atoms with Gasteiger partial charge in [0.05, 0.1) is 14.2 Å². The van der Waals surface area contributed by atoms with Crippen molar-refractivity contribution in [2.45, 2.75) is 31.5 Å². The summed E-state index contributed by atoms with van der Waals surface area (Å²) < 4.78 is 37.0. The molecule has 8 heteroatoms. The Kier molecular flexibility index (Phi) is 4.71. The van der Waals surface area contributed by atoms with Crippen LogP contribution in [-0.2, 0) is 9.53 Å². The van der Waals surface area contributed by atoms with E-state index in [1.54, 1.807) is 25.1 Å². The molecule has 1 spiro atoms. The van der Waals surface area contributed by atoms with Gasteiger partial charge in [-0.25, -0.2) is 4.39 Å². The first kappa shape index (κ1) is 20.8. The highest BCUT2D eigenvalue weighted by Gasteiger charge is 2.63. The van der Waals surface area contributed by atoms with Crippen LogP contribution in [0.5, 0.6) is 17.2 Å². The number of allylic oxidation sites excluding steroid dienone is 1. The Hall–Kier alpha value is -3.06. The molecule has 2 aromatic rings. The van der Waals surface area contributed by atoms with Gasteiger partial charge in [-0.1, -0.05) is 36.7 Å². The minimum Gasteiger partial charge on any atom is -0.496 e. The summed E-state index contributed by atoms with van der Waals surface area (Å²) in [5.74, 6) is -0.903. The smallest absolute Gasteiger partial charge is 0.236 e. The quantitative estimate of drug-likeness (QED) is 0.613. The molecule has 166 valence electrons. The zero-order chi connectivity index (χ0) is 22.8. The van der Waals surface area contributed by atoms with Crippen molar-refractivity contribution < 1.29 is 32.9 Å². The molecule has 3 atom stereocenters. The third kappa shape index (κ3) is 2.64. The first-order valence-corrected chi connectivity index (χ1v) is 10.6. The van der Waals surface area contributed by atoms with Crippen LogP contribution in [0.15, 0.2) is 41.7 Å². The molecule has 1 unspecified atom stereocenters. The van der Waals surface area contributed by atoms with Gasteiger partial charge in [0.25, 0.3) is 0 Å². The van der Waals surface area contributed by atoms with Crippen LogP contribution in [0.4, 0.5) is 4.39 Å². The number of hydrogen-bond acceptors (Lipinski definition) is 6. The Morgan fingerprint density at radius 1 is 1.09 bits per heavy atom. The summed E-state index contributed by atoms with van der Waals surface area (Å²) in [4.78, 5) is 27.4. The summed E-state index contributed by atoms with van der Waals surface area (Å²) in [5, 5.41) is 0.0974. The number of ether oxygens (including phenoxy) is 4. The average molecular weight is 459 g/mol. The lowest BCUT2D eigenvalue weighted by Crippen LogP contribution is -2.56. The number of ketones is 2. The summed E-state index contributed by atoms with van der Waals surface area (Å²) in [7, 11) is 2.85. The highest BCUT2D eigenvalue weighted by Crippen LogP contribution is 2.56. The molecule has 0 N–H and O–H groups in total. The minimum absolute atomic E-state index is 0.0710. The number of carbonyl (C=O) groups is 2. The van der Waals surface area contributed by atoms with Gasteiger partial charge in [-0.15, -0.1) is 0 Å². The van der Waals surface area contributed by atoms with Crippen LogP contribution >= 0.6 is 11.6 Å². The Bertz CT molecular complexity index is 1210. The molecule has 32 heavy (non-hydrogen) atoms. The maximum atomic E-state index is 14.3. The van der Waals surface area contributed by atoms with E-state index in [0.717, 1.165) is 0 Å². The van der Waals surface area contributed by atoms with E-state index in [9.17, 15) is 14.0 Å². The molecule has 2 aromatic carbocycles. The van der Waals surface area contributed by atoms with E-state index in [0.29, 0.717) is 23.3 Å². The standard InChI is InChI=1S/C24H20ClFO6/c1-11-8-15-13(9-16(31-15)12-6-4-5-7-14(12)26)22(27)24(11)23(28)19-17(29-2)10-18(30-3)20(25)21(19)32-24/h4-7,10-11,16H,8-9H2,1-3H3/t11-,16?,24+/m1/s1. The van der Waals surface area contributed by atoms with Crippen molar-refractivity contribution >= 4 is 23.2 Å². The molecule has 3 aliphatic rings. The first-order valence-electron chi connectivity index (χ1n) is 10.2. The van der Waals surface area contributed by atoms with Gasteiger partial charge < -0.3 is 18.9 Å². The molecule has 5 rings (SSSR count). The van der Waals surface area contributed by atoms with Gasteiger partial charge in [-0.3, -0.25) is 9.59 Å². The van der Waals surface area contributed by atoms with Crippen LogP contribution in [0, 0.1) is 11.7 Å². The van der Waals surface area contributed by atoms with Crippen molar-refractivity contribution in [2.75, 3.05) is 14.2 Å². The topological polar surface area (TPSA) is 71.1 Å². The molecular weight excluding hydrogens is 439 g/mol. The van der Waals surface area contributed by atoms with Gasteiger partial charge in [0.2, 0.25) is 17.2 Å². The summed E-state index contributed by atoms with van der Waals surface area (Å²) in [6.07, 6.45) is -0.183. The maximum Gasteiger partial charge on any atom is 0.236 e. The number of Topliss-reactive ketones (excluding diaryl/α,β-unsaturated/α-hetero) is 2. The van der Waals surface area contributed by atoms with E-state index in [1.807, 2.05) is 0 Å². The Morgan fingerprint density at radius 3 is 2.50 bits per heavy atom. The summed E-state index contributed by atoms with van der Waals surface area (Å²) in [5.41, 5.74) is -0.947. The van der Waals surface area contributed by atoms with Crippen molar-refractivity contribution in [3.05, 3.63) is 63.6 Å². The average Bonchev–Trinajstić information content (AvgIpc) is 3.34. The minimum atomic E-state index is -1.78. The number of benzene rings is 2. The zero-order valence-electron chi connectivity index (χ0n) is 17.7. The zero-order valence-corrected chi connectivity index (χ0v) is 18.4. The van der Waals surface area contributed by atoms with E-state index in [-0.39, 0.29) is 34.3 Å². The highest BCUT2D eigenvalue weighted by molar-refractivity contribution is 6.36. The molecule has 1 aliphatic carbocycles. The van der Waals surface area contributed by atoms with Crippen molar-refractivity contribution in [1.82, 2.24) is 0 Å². The number of methoxy groups -OCH3 is 2. The lowest BCUT2D eigenvalue weighted by atomic mass is 9.71. The molecule has 2 heterocycles. The van der Waals surface area contributed by atoms with Gasteiger partial charge in [-0.2, -0.15) is 0 Å². The monoisotopic (exact) mass is 458 g/mol. The van der Waals surface area contributed by atoms with Crippen LogP contribution in [-0.4, -0.2) is 31.4 Å². The van der Waals surface area contributed by atoms with Crippen molar-refractivity contribution in [1.29, 1.82) is 0 Å². The third-order valence-electron chi connectivity index (χ3n) is 6.48. The number of carbonyl (C=O) groups excluding carboxylic acids is 2. The van der Waals surface area contributed by atoms with Crippen LogP contribution in [0.3, 0.4) is 0 Å². The molecular formula is C24H20ClFO6. The summed E-state index contributed by atoms with van der Waals surface area (Å²) in [6.45, 7) is 1.75.